The number of nitrogens with zero attached hydrogens (tertiary/aromatic N) is 4. The summed E-state index contributed by atoms with van der Waals surface area (Å²) in [6.45, 7) is 8.13. The van der Waals surface area contributed by atoms with E-state index in [0.29, 0.717) is 31.5 Å². The lowest BCUT2D eigenvalue weighted by Gasteiger charge is -2.16. The fraction of sp³-hybridized carbons (Fsp3) is 0.545. The van der Waals surface area contributed by atoms with E-state index in [1.165, 1.54) is 0 Å². The van der Waals surface area contributed by atoms with Crippen LogP contribution in [0.25, 0.3) is 0 Å². The van der Waals surface area contributed by atoms with Gasteiger partial charge in [0.2, 0.25) is 5.91 Å². The second kappa shape index (κ2) is 12.6. The lowest BCUT2D eigenvalue weighted by atomic mass is 9.99. The second-order valence-electron chi connectivity index (χ2n) is 7.17. The summed E-state index contributed by atoms with van der Waals surface area (Å²) in [4.78, 5) is 22.8. The van der Waals surface area contributed by atoms with Crippen LogP contribution in [-0.4, -0.2) is 53.6 Å². The summed E-state index contributed by atoms with van der Waals surface area (Å²) in [5.41, 5.74) is 1.96. The average molecular weight is 415 g/mol. The number of carbonyl (C=O) groups is 1. The lowest BCUT2D eigenvalue weighted by Crippen LogP contribution is -2.38. The number of aromatic nitrogens is 2. The number of nitrogens with one attached hydrogen (secondary N) is 2. The lowest BCUT2D eigenvalue weighted by molar-refractivity contribution is -0.128. The molecule has 0 aliphatic heterocycles. The van der Waals surface area contributed by atoms with Crippen LogP contribution < -0.4 is 10.6 Å². The Balaban J connectivity index is 1.84. The summed E-state index contributed by atoms with van der Waals surface area (Å²) in [6.07, 6.45) is 4.55. The first-order chi connectivity index (χ1) is 14.6. The zero-order chi connectivity index (χ0) is 21.8. The molecule has 0 bridgehead atoms. The van der Waals surface area contributed by atoms with Crippen LogP contribution >= 0.6 is 0 Å². The van der Waals surface area contributed by atoms with Crippen molar-refractivity contribution >= 4 is 11.9 Å². The standard InChI is InChI=1S/C22H34N6O2/c1-5-17(6-2)20-14-19(30-27-20)15-25-22(23-7-3)26-16-21(29)28(4)13-11-18-10-8-9-12-24-18/h8-10,12,14,17H,5-7,11,13,15-16H2,1-4H3,(H2,23,25,26). The fourth-order valence-corrected chi connectivity index (χ4v) is 3.04. The monoisotopic (exact) mass is 414 g/mol. The van der Waals surface area contributed by atoms with Gasteiger partial charge >= 0.3 is 0 Å². The summed E-state index contributed by atoms with van der Waals surface area (Å²) in [7, 11) is 1.79. The molecule has 0 saturated carbocycles. The molecule has 2 rings (SSSR count). The van der Waals surface area contributed by atoms with Crippen LogP contribution in [0.15, 0.2) is 40.0 Å². The van der Waals surface area contributed by atoms with Crippen molar-refractivity contribution in [1.82, 2.24) is 25.7 Å². The van der Waals surface area contributed by atoms with Crippen LogP contribution in [0.1, 0.15) is 56.7 Å². The zero-order valence-electron chi connectivity index (χ0n) is 18.5. The Hall–Kier alpha value is -2.90. The Labute approximate surface area is 179 Å². The molecule has 0 fully saturated rings. The van der Waals surface area contributed by atoms with Gasteiger partial charge in [-0.05, 0) is 31.9 Å². The van der Waals surface area contributed by atoms with Crippen molar-refractivity contribution in [3.63, 3.8) is 0 Å². The molecular formula is C22H34N6O2. The number of likely N-dealkylation sites (N-methyl/N-ethyl adjacent to an activating group) is 1. The normalized spacial score (nSPS) is 11.6. The van der Waals surface area contributed by atoms with E-state index in [9.17, 15) is 4.79 Å². The number of rotatable bonds is 11. The summed E-state index contributed by atoms with van der Waals surface area (Å²) in [6, 6.07) is 7.78. The predicted molar refractivity (Wildman–Crippen MR) is 118 cm³/mol. The van der Waals surface area contributed by atoms with Crippen molar-refractivity contribution in [1.29, 1.82) is 0 Å². The maximum atomic E-state index is 12.4. The largest absolute Gasteiger partial charge is 0.359 e. The van der Waals surface area contributed by atoms with E-state index in [-0.39, 0.29) is 12.5 Å². The third kappa shape index (κ3) is 7.50. The highest BCUT2D eigenvalue weighted by Crippen LogP contribution is 2.22. The maximum Gasteiger partial charge on any atom is 0.244 e. The highest BCUT2D eigenvalue weighted by Gasteiger charge is 2.13. The first kappa shape index (κ1) is 23.4. The topological polar surface area (TPSA) is 95.7 Å². The minimum Gasteiger partial charge on any atom is -0.359 e. The molecule has 0 atom stereocenters. The van der Waals surface area contributed by atoms with Gasteiger partial charge in [0.25, 0.3) is 0 Å². The van der Waals surface area contributed by atoms with E-state index in [1.807, 2.05) is 31.2 Å². The van der Waals surface area contributed by atoms with Crippen molar-refractivity contribution < 1.29 is 9.32 Å². The van der Waals surface area contributed by atoms with Crippen LogP contribution in [0.2, 0.25) is 0 Å². The van der Waals surface area contributed by atoms with Gasteiger partial charge in [-0.1, -0.05) is 25.1 Å². The van der Waals surface area contributed by atoms with Gasteiger partial charge in [-0.25, -0.2) is 4.99 Å². The molecule has 2 aromatic rings. The molecule has 0 radical (unpaired) electrons. The Morgan fingerprint density at radius 1 is 1.23 bits per heavy atom. The van der Waals surface area contributed by atoms with Crippen LogP contribution in [-0.2, 0) is 17.8 Å². The van der Waals surface area contributed by atoms with E-state index >= 15 is 0 Å². The number of carbonyl (C=O) groups excluding carboxylic acids is 1. The number of guanidine groups is 1. The van der Waals surface area contributed by atoms with Crippen LogP contribution in [0.4, 0.5) is 0 Å². The molecule has 30 heavy (non-hydrogen) atoms. The van der Waals surface area contributed by atoms with Gasteiger partial charge in [-0.15, -0.1) is 0 Å². The third-order valence-electron chi connectivity index (χ3n) is 4.98. The third-order valence-corrected chi connectivity index (χ3v) is 4.98. The van der Waals surface area contributed by atoms with E-state index in [1.54, 1.807) is 18.1 Å². The number of hydrogen-bond acceptors (Lipinski definition) is 5. The van der Waals surface area contributed by atoms with Gasteiger partial charge in [0.05, 0.1) is 12.2 Å². The van der Waals surface area contributed by atoms with Gasteiger partial charge in [-0.2, -0.15) is 0 Å². The molecule has 8 nitrogen and oxygen atoms in total. The first-order valence-corrected chi connectivity index (χ1v) is 10.7. The molecule has 0 aliphatic rings. The highest BCUT2D eigenvalue weighted by molar-refractivity contribution is 5.84. The van der Waals surface area contributed by atoms with Crippen molar-refractivity contribution in [3.8, 4) is 0 Å². The average Bonchev–Trinajstić information content (AvgIpc) is 3.24. The predicted octanol–water partition coefficient (Wildman–Crippen LogP) is 2.73. The van der Waals surface area contributed by atoms with Gasteiger partial charge in [-0.3, -0.25) is 9.78 Å². The van der Waals surface area contributed by atoms with Crippen molar-refractivity contribution in [2.24, 2.45) is 4.99 Å². The minimum atomic E-state index is -0.0428. The molecule has 0 spiro atoms. The van der Waals surface area contributed by atoms with E-state index in [4.69, 9.17) is 4.52 Å². The van der Waals surface area contributed by atoms with Crippen molar-refractivity contribution in [2.45, 2.75) is 52.5 Å². The summed E-state index contributed by atoms with van der Waals surface area (Å²) >= 11 is 0. The van der Waals surface area contributed by atoms with Crippen molar-refractivity contribution in [2.75, 3.05) is 26.7 Å². The van der Waals surface area contributed by atoms with Gasteiger partial charge in [0.15, 0.2) is 11.7 Å². The molecule has 0 saturated heterocycles. The Bertz CT molecular complexity index is 786. The quantitative estimate of drug-likeness (QED) is 0.434. The maximum absolute atomic E-state index is 12.4. The molecule has 164 valence electrons. The van der Waals surface area contributed by atoms with Gasteiger partial charge in [0, 0.05) is 50.4 Å². The molecule has 2 heterocycles. The van der Waals surface area contributed by atoms with E-state index in [2.05, 4.69) is 39.6 Å². The molecule has 2 N–H and O–H groups in total. The molecule has 8 heteroatoms. The molecule has 1 amide bonds. The summed E-state index contributed by atoms with van der Waals surface area (Å²) in [5.74, 6) is 1.70. The Kier molecular flexibility index (Phi) is 9.83. The van der Waals surface area contributed by atoms with E-state index in [0.717, 1.165) is 36.4 Å². The number of pyridine rings is 1. The number of aliphatic imine (C=N–C) groups is 1. The van der Waals surface area contributed by atoms with Gasteiger partial charge < -0.3 is 20.1 Å². The van der Waals surface area contributed by atoms with Crippen LogP contribution in [0.3, 0.4) is 0 Å². The van der Waals surface area contributed by atoms with Crippen molar-refractivity contribution in [3.05, 3.63) is 47.6 Å². The second-order valence-corrected chi connectivity index (χ2v) is 7.17. The number of hydrogen-bond donors (Lipinski definition) is 2. The van der Waals surface area contributed by atoms with Gasteiger partial charge in [0.1, 0.15) is 6.54 Å². The first-order valence-electron chi connectivity index (χ1n) is 10.7. The SMILES string of the molecule is CCNC(=NCC(=O)N(C)CCc1ccccn1)NCc1cc(C(CC)CC)no1. The summed E-state index contributed by atoms with van der Waals surface area (Å²) in [5, 5.41) is 10.5. The van der Waals surface area contributed by atoms with Crippen LogP contribution in [0.5, 0.6) is 0 Å². The van der Waals surface area contributed by atoms with E-state index < -0.39 is 0 Å². The Morgan fingerprint density at radius 2 is 2.03 bits per heavy atom. The number of amides is 1. The minimum absolute atomic E-state index is 0.0428. The molecule has 0 unspecified atom stereocenters. The molecule has 0 aromatic carbocycles. The molecule has 2 aromatic heterocycles. The Morgan fingerprint density at radius 3 is 2.70 bits per heavy atom. The fourth-order valence-electron chi connectivity index (χ4n) is 3.04. The summed E-state index contributed by atoms with van der Waals surface area (Å²) < 4.78 is 5.44. The smallest absolute Gasteiger partial charge is 0.244 e. The van der Waals surface area contributed by atoms with Crippen LogP contribution in [0, 0.1) is 0 Å². The highest BCUT2D eigenvalue weighted by atomic mass is 16.5. The molecule has 0 aliphatic carbocycles. The molecular weight excluding hydrogens is 380 g/mol. The zero-order valence-corrected chi connectivity index (χ0v) is 18.5.